The van der Waals surface area contributed by atoms with Gasteiger partial charge in [-0.25, -0.2) is 0 Å². The van der Waals surface area contributed by atoms with Crippen LogP contribution in [0.2, 0.25) is 0 Å². The van der Waals surface area contributed by atoms with Gasteiger partial charge in [0.25, 0.3) is 0 Å². The summed E-state index contributed by atoms with van der Waals surface area (Å²) in [4.78, 5) is 10.2. The summed E-state index contributed by atoms with van der Waals surface area (Å²) in [5, 5.41) is 8.39. The van der Waals surface area contributed by atoms with Crippen molar-refractivity contribution in [1.29, 1.82) is 0 Å². The van der Waals surface area contributed by atoms with E-state index in [1.165, 1.54) is 0 Å². The van der Waals surface area contributed by atoms with E-state index in [4.69, 9.17) is 10.8 Å². The van der Waals surface area contributed by atoms with Crippen molar-refractivity contribution < 1.29 is 14.5 Å². The molecule has 12 heavy (non-hydrogen) atoms. The van der Waals surface area contributed by atoms with Crippen LogP contribution in [0.4, 0.5) is 0 Å². The van der Waals surface area contributed by atoms with E-state index in [2.05, 4.69) is 5.63 Å². The van der Waals surface area contributed by atoms with Gasteiger partial charge in [0.15, 0.2) is 0 Å². The van der Waals surface area contributed by atoms with E-state index in [1.54, 1.807) is 0 Å². The van der Waals surface area contributed by atoms with Crippen LogP contribution in [-0.2, 0) is 9.36 Å². The van der Waals surface area contributed by atoms with Crippen molar-refractivity contribution in [3.63, 3.8) is 0 Å². The first-order valence-corrected chi connectivity index (χ1v) is 4.53. The zero-order valence-electron chi connectivity index (χ0n) is 6.69. The third-order valence-corrected chi connectivity index (χ3v) is 1.79. The van der Waals surface area contributed by atoms with Crippen molar-refractivity contribution in [3.05, 3.63) is 0 Å². The van der Waals surface area contributed by atoms with Gasteiger partial charge in [0.2, 0.25) is 0 Å². The van der Waals surface area contributed by atoms with E-state index in [1.807, 2.05) is 0 Å². The molecule has 0 aliphatic rings. The molecule has 0 aromatic rings. The fourth-order valence-electron chi connectivity index (χ4n) is 0.737. The van der Waals surface area contributed by atoms with E-state index < -0.39 is 12.0 Å². The Bertz CT molecular complexity index is 234. The van der Waals surface area contributed by atoms with Crippen molar-refractivity contribution in [3.8, 4) is 5.63 Å². The molecule has 0 aromatic carbocycles. The van der Waals surface area contributed by atoms with Crippen LogP contribution in [0.25, 0.3) is 0 Å². The van der Waals surface area contributed by atoms with Crippen LogP contribution >= 0.6 is 7.92 Å². The molecule has 0 spiro atoms. The first kappa shape index (κ1) is 11.4. The van der Waals surface area contributed by atoms with Gasteiger partial charge in [0.1, 0.15) is 0 Å². The molecule has 0 fully saturated rings. The van der Waals surface area contributed by atoms with Crippen molar-refractivity contribution in [1.82, 2.24) is 0 Å². The number of aliphatic carboxylic acids is 1. The molecule has 0 saturated heterocycles. The number of carboxylic acid groups (broad SMARTS) is 1. The fourth-order valence-corrected chi connectivity index (χ4v) is 0.987. The van der Waals surface area contributed by atoms with Crippen LogP contribution in [0.1, 0.15) is 25.7 Å². The Labute approximate surface area is 72.3 Å². The molecule has 0 unspecified atom stereocenters. The SMILES string of the molecule is N[C@H](CCCCC#P=O)C(=O)O. The normalized spacial score (nSPS) is 11.8. The van der Waals surface area contributed by atoms with Crippen molar-refractivity contribution in [2.45, 2.75) is 31.7 Å². The predicted molar refractivity (Wildman–Crippen MR) is 45.6 cm³/mol. The molecular weight excluding hydrogens is 177 g/mol. The molecule has 0 aromatic heterocycles. The van der Waals surface area contributed by atoms with Gasteiger partial charge >= 0.3 is 71.4 Å². The minimum absolute atomic E-state index is 0.0848. The Balaban J connectivity index is 3.35. The maximum absolute atomic E-state index is 10.2. The minimum atomic E-state index is -0.968. The molecule has 0 aliphatic carbocycles. The van der Waals surface area contributed by atoms with Crippen molar-refractivity contribution in [2.75, 3.05) is 0 Å². The second-order valence-electron chi connectivity index (χ2n) is 2.44. The van der Waals surface area contributed by atoms with E-state index in [0.29, 0.717) is 12.8 Å². The molecule has 4 nitrogen and oxygen atoms in total. The summed E-state index contributed by atoms with van der Waals surface area (Å²) in [7, 11) is -0.0848. The summed E-state index contributed by atoms with van der Waals surface area (Å²) in [5.41, 5.74) is 7.83. The number of hydrogen-bond acceptors (Lipinski definition) is 3. The Morgan fingerprint density at radius 3 is 2.75 bits per heavy atom. The third kappa shape index (κ3) is 6.17. The van der Waals surface area contributed by atoms with Gasteiger partial charge in [-0.15, -0.1) is 0 Å². The molecule has 0 saturated carbocycles. The predicted octanol–water partition coefficient (Wildman–Crippen LogP) is 1.21. The van der Waals surface area contributed by atoms with Crippen LogP contribution in [0, 0.1) is 5.63 Å². The maximum atomic E-state index is 10.2. The zero-order valence-corrected chi connectivity index (χ0v) is 7.59. The van der Waals surface area contributed by atoms with E-state index in [-0.39, 0.29) is 7.92 Å². The molecule has 68 valence electrons. The zero-order chi connectivity index (χ0) is 9.40. The second-order valence-corrected chi connectivity index (χ2v) is 2.94. The first-order valence-electron chi connectivity index (χ1n) is 3.72. The summed E-state index contributed by atoms with van der Waals surface area (Å²) in [6, 6.07) is -0.769. The average Bonchev–Trinajstić information content (AvgIpc) is 2.03. The molecule has 0 amide bonds. The quantitative estimate of drug-likeness (QED) is 0.503. The molecular formula is C7H12NO3P. The van der Waals surface area contributed by atoms with Gasteiger partial charge in [-0.3, -0.25) is 0 Å². The number of rotatable bonds is 5. The molecule has 1 atom stereocenters. The van der Waals surface area contributed by atoms with E-state index >= 15 is 0 Å². The van der Waals surface area contributed by atoms with Gasteiger partial charge in [-0.05, 0) is 0 Å². The molecule has 3 N–H and O–H groups in total. The van der Waals surface area contributed by atoms with Crippen LogP contribution in [0.3, 0.4) is 0 Å². The number of hydrogen-bond donors (Lipinski definition) is 2. The Hall–Kier alpha value is -0.560. The molecule has 5 heteroatoms. The van der Waals surface area contributed by atoms with Gasteiger partial charge in [-0.2, -0.15) is 0 Å². The monoisotopic (exact) mass is 189 g/mol. The van der Waals surface area contributed by atoms with Crippen molar-refractivity contribution >= 4 is 13.9 Å². The van der Waals surface area contributed by atoms with Crippen LogP contribution in [-0.4, -0.2) is 17.1 Å². The first-order chi connectivity index (χ1) is 5.68. The Morgan fingerprint density at radius 2 is 2.25 bits per heavy atom. The number of nitrogens with two attached hydrogens (primary N) is 1. The average molecular weight is 189 g/mol. The number of carbonyl (C=O) groups is 1. The van der Waals surface area contributed by atoms with Gasteiger partial charge < -0.3 is 0 Å². The van der Waals surface area contributed by atoms with Crippen LogP contribution < -0.4 is 5.73 Å². The third-order valence-electron chi connectivity index (χ3n) is 1.44. The molecule has 0 radical (unpaired) electrons. The molecule has 0 bridgehead atoms. The second kappa shape index (κ2) is 7.11. The summed E-state index contributed by atoms with van der Waals surface area (Å²) in [6.45, 7) is 0. The van der Waals surface area contributed by atoms with Crippen LogP contribution in [0.5, 0.6) is 0 Å². The topological polar surface area (TPSA) is 80.4 Å². The summed E-state index contributed by atoms with van der Waals surface area (Å²) < 4.78 is 9.88. The summed E-state index contributed by atoms with van der Waals surface area (Å²) in [5.74, 6) is -0.968. The van der Waals surface area contributed by atoms with Crippen LogP contribution in [0.15, 0.2) is 0 Å². The van der Waals surface area contributed by atoms with Gasteiger partial charge in [-0.1, -0.05) is 0 Å². The van der Waals surface area contributed by atoms with Gasteiger partial charge in [0.05, 0.1) is 0 Å². The molecule has 0 rings (SSSR count). The van der Waals surface area contributed by atoms with E-state index in [0.717, 1.165) is 12.8 Å². The van der Waals surface area contributed by atoms with E-state index in [9.17, 15) is 9.36 Å². The fraction of sp³-hybridized carbons (Fsp3) is 0.714. The molecule has 0 aliphatic heterocycles. The Morgan fingerprint density at radius 1 is 1.58 bits per heavy atom. The van der Waals surface area contributed by atoms with Crippen molar-refractivity contribution in [2.24, 2.45) is 5.73 Å². The Kier molecular flexibility index (Phi) is 6.78. The number of carboxylic acids is 1. The standard InChI is InChI=1S/C7H12NO3P/c8-6(7(9)10)4-2-1-3-5-12-11/h6H,1-4,8H2,(H,9,10)/t6-/m1/s1. The summed E-state index contributed by atoms with van der Waals surface area (Å²) in [6.07, 6.45) is 2.61. The number of unbranched alkanes of at least 4 members (excludes halogenated alkanes) is 2. The van der Waals surface area contributed by atoms with Gasteiger partial charge in [0, 0.05) is 0 Å². The summed E-state index contributed by atoms with van der Waals surface area (Å²) >= 11 is 0. The molecule has 0 heterocycles.